The first-order valence-electron chi connectivity index (χ1n) is 8.34. The summed E-state index contributed by atoms with van der Waals surface area (Å²) in [7, 11) is -9.79. The minimum Gasteiger partial charge on any atom is -0.744 e. The zero-order valence-electron chi connectivity index (χ0n) is 17.5. The van der Waals surface area contributed by atoms with Crippen LogP contribution in [0.25, 0.3) is 0 Å². The summed E-state index contributed by atoms with van der Waals surface area (Å²) in [4.78, 5) is 11.2. The van der Waals surface area contributed by atoms with Gasteiger partial charge < -0.3 is 14.2 Å². The number of nitrogens with one attached hydrogen (secondary N) is 1. The van der Waals surface area contributed by atoms with E-state index in [1.807, 2.05) is 0 Å². The molecule has 0 bridgehead atoms. The fourth-order valence-corrected chi connectivity index (χ4v) is 4.17. The predicted octanol–water partition coefficient (Wildman–Crippen LogP) is -4.75. The smallest absolute Gasteiger partial charge is 0.744 e. The van der Waals surface area contributed by atoms with E-state index in [9.17, 15) is 35.8 Å². The Labute approximate surface area is 238 Å². The van der Waals surface area contributed by atoms with Gasteiger partial charge in [0.15, 0.2) is 11.8 Å². The Morgan fingerprint density at radius 2 is 1.73 bits per heavy atom. The van der Waals surface area contributed by atoms with E-state index in [0.29, 0.717) is 0 Å². The minimum atomic E-state index is -5.05. The van der Waals surface area contributed by atoms with Crippen LogP contribution in [0.5, 0.6) is 5.75 Å². The molecule has 1 amide bonds. The molecule has 12 nitrogen and oxygen atoms in total. The van der Waals surface area contributed by atoms with Crippen LogP contribution >= 0.6 is 11.6 Å². The molecule has 1 saturated heterocycles. The number of phenolic OH excluding ortho intramolecular Hbond substituents is 1. The monoisotopic (exact) mass is 534 g/mol. The van der Waals surface area contributed by atoms with Crippen molar-refractivity contribution in [1.29, 1.82) is 0 Å². The van der Waals surface area contributed by atoms with Gasteiger partial charge in [-0.1, -0.05) is 17.7 Å². The molecule has 0 aliphatic carbocycles. The van der Waals surface area contributed by atoms with Crippen molar-refractivity contribution in [3.8, 4) is 5.75 Å². The Kier molecular flexibility index (Phi) is 10.5. The number of hydrazine groups is 1. The molecule has 3 rings (SSSR count). The maximum atomic E-state index is 12.7. The summed E-state index contributed by atoms with van der Waals surface area (Å²) in [5, 5.41) is 18.2. The number of benzene rings is 2. The second-order valence-corrected chi connectivity index (χ2v) is 9.59. The molecule has 17 heteroatoms. The summed E-state index contributed by atoms with van der Waals surface area (Å²) in [6.45, 7) is 1.56. The van der Waals surface area contributed by atoms with Crippen molar-refractivity contribution in [3.63, 3.8) is 0 Å². The van der Waals surface area contributed by atoms with Crippen molar-refractivity contribution >= 4 is 49.1 Å². The number of rotatable bonds is 5. The normalized spacial score (nSPS) is 18.8. The van der Waals surface area contributed by atoms with Gasteiger partial charge in [-0.3, -0.25) is 4.79 Å². The summed E-state index contributed by atoms with van der Waals surface area (Å²) >= 11 is 5.76. The van der Waals surface area contributed by atoms with E-state index in [-0.39, 0.29) is 69.8 Å². The Balaban J connectivity index is 0.00000272. The Bertz CT molecular complexity index is 1310. The number of amides is 1. The predicted molar refractivity (Wildman–Crippen MR) is 104 cm³/mol. The van der Waals surface area contributed by atoms with Crippen molar-refractivity contribution < 1.29 is 95.0 Å². The summed E-state index contributed by atoms with van der Waals surface area (Å²) in [5.41, 5.74) is 2.37. The van der Waals surface area contributed by atoms with Gasteiger partial charge in [0.2, 0.25) is 0 Å². The van der Waals surface area contributed by atoms with Crippen molar-refractivity contribution in [1.82, 2.24) is 5.43 Å². The fourth-order valence-electron chi connectivity index (χ4n) is 2.76. The van der Waals surface area contributed by atoms with E-state index < -0.39 is 59.5 Å². The zero-order chi connectivity index (χ0) is 23.1. The first-order chi connectivity index (χ1) is 14.3. The number of hydrogen-bond acceptors (Lipinski definition) is 11. The van der Waals surface area contributed by atoms with Gasteiger partial charge >= 0.3 is 59.1 Å². The molecule has 2 unspecified atom stereocenters. The maximum absolute atomic E-state index is 12.7. The van der Waals surface area contributed by atoms with Crippen LogP contribution in [0.2, 0.25) is 5.02 Å². The van der Waals surface area contributed by atoms with E-state index in [0.717, 1.165) is 29.3 Å². The van der Waals surface area contributed by atoms with E-state index in [2.05, 4.69) is 15.7 Å². The van der Waals surface area contributed by atoms with E-state index >= 15 is 0 Å². The summed E-state index contributed by atoms with van der Waals surface area (Å²) in [6, 6.07) is 4.73. The van der Waals surface area contributed by atoms with Gasteiger partial charge in [0.05, 0.1) is 21.5 Å². The fraction of sp³-hybridized carbons (Fsp3) is 0.188. The van der Waals surface area contributed by atoms with Crippen molar-refractivity contribution in [2.45, 2.75) is 28.8 Å². The molecule has 0 spiro atoms. The summed E-state index contributed by atoms with van der Waals surface area (Å²) in [5.74, 6) is -1.64. The molecule has 1 fully saturated rings. The van der Waals surface area contributed by atoms with Crippen LogP contribution in [0.4, 0.5) is 11.4 Å². The Hall–Kier alpha value is -0.620. The first kappa shape index (κ1) is 30.4. The number of aromatic hydroxyl groups is 1. The summed E-state index contributed by atoms with van der Waals surface area (Å²) in [6.07, 6.45) is 0. The minimum absolute atomic E-state index is 0. The van der Waals surface area contributed by atoms with Gasteiger partial charge in [0, 0.05) is 5.02 Å². The molecule has 0 radical (unpaired) electrons. The number of anilines is 1. The third-order valence-electron chi connectivity index (χ3n) is 4.22. The maximum Gasteiger partial charge on any atom is 1.00 e. The van der Waals surface area contributed by atoms with Crippen molar-refractivity contribution in [2.24, 2.45) is 10.2 Å². The topological polar surface area (TPSA) is 192 Å². The van der Waals surface area contributed by atoms with Crippen molar-refractivity contribution in [3.05, 3.63) is 41.4 Å². The van der Waals surface area contributed by atoms with Gasteiger partial charge in [0.25, 0.3) is 5.91 Å². The number of hydrogen-bond donors (Lipinski definition) is 2. The van der Waals surface area contributed by atoms with Gasteiger partial charge in [-0.05, 0) is 37.3 Å². The molecule has 2 aromatic rings. The molecule has 1 aliphatic heterocycles. The van der Waals surface area contributed by atoms with Crippen molar-refractivity contribution in [2.75, 3.05) is 5.01 Å². The second kappa shape index (κ2) is 11.4. The summed E-state index contributed by atoms with van der Waals surface area (Å²) < 4.78 is 67.4. The molecular weight excluding hydrogens is 522 g/mol. The Morgan fingerprint density at radius 1 is 1.09 bits per heavy atom. The van der Waals surface area contributed by atoms with Crippen LogP contribution < -0.4 is 69.5 Å². The average Bonchev–Trinajstić information content (AvgIpc) is 2.94. The molecular formula is C16H13ClN4Na2O8S2. The van der Waals surface area contributed by atoms with E-state index in [1.54, 1.807) is 6.92 Å². The van der Waals surface area contributed by atoms with Crippen LogP contribution in [0.15, 0.2) is 56.4 Å². The Morgan fingerprint density at radius 3 is 2.30 bits per heavy atom. The molecule has 2 aromatic carbocycles. The molecule has 2 atom stereocenters. The van der Waals surface area contributed by atoms with Crippen LogP contribution in [0.1, 0.15) is 6.92 Å². The largest absolute Gasteiger partial charge is 1.00 e. The van der Waals surface area contributed by atoms with E-state index in [1.165, 1.54) is 12.1 Å². The van der Waals surface area contributed by atoms with Crippen LogP contribution in [0.3, 0.4) is 0 Å². The van der Waals surface area contributed by atoms with Crippen LogP contribution in [-0.4, -0.2) is 49.0 Å². The van der Waals surface area contributed by atoms with Gasteiger partial charge in [-0.25, -0.2) is 27.3 Å². The SMILES string of the molecule is CC1NN(c2cccc(S(=O)(=O)[O-])c2)C(=O)C1N=Nc1cc(Cl)cc(S(=O)(=O)[O-])c1O.[Na+].[Na+]. The molecule has 0 saturated carbocycles. The first-order valence-corrected chi connectivity index (χ1v) is 11.5. The molecule has 0 aromatic heterocycles. The number of nitrogens with zero attached hydrogens (tertiary/aromatic N) is 3. The molecule has 166 valence electrons. The second-order valence-electron chi connectivity index (χ2n) is 6.43. The molecule has 1 aliphatic rings. The molecule has 2 N–H and O–H groups in total. The number of carbonyl (C=O) groups excluding carboxylic acids is 1. The zero-order valence-corrected chi connectivity index (χ0v) is 23.8. The van der Waals surface area contributed by atoms with Crippen LogP contribution in [0, 0.1) is 0 Å². The number of halogens is 1. The average molecular weight is 535 g/mol. The van der Waals surface area contributed by atoms with E-state index in [4.69, 9.17) is 11.6 Å². The molecule has 1 heterocycles. The number of carbonyl (C=O) groups is 1. The standard InChI is InChI=1S/C16H15ClN4O8S2.2Na/c1-8-14(19-18-12-5-9(17)6-13(15(12)22)31(27,28)29)16(23)21(20-8)10-3-2-4-11(7-10)30(24,25)26;;/h2-8,14,20,22H,1H3,(H,24,25,26)(H,27,28,29);;/q;2*+1/p-2. The third-order valence-corrected chi connectivity index (χ3v) is 6.12. The number of azo groups is 1. The quantitative estimate of drug-likeness (QED) is 0.215. The molecule has 33 heavy (non-hydrogen) atoms. The van der Waals surface area contributed by atoms with Crippen LogP contribution in [-0.2, 0) is 25.0 Å². The number of phenols is 1. The van der Waals surface area contributed by atoms with Gasteiger partial charge in [-0.15, -0.1) is 0 Å². The van der Waals surface area contributed by atoms with Gasteiger partial charge in [-0.2, -0.15) is 10.2 Å². The third kappa shape index (κ3) is 6.96. The van der Waals surface area contributed by atoms with Gasteiger partial charge in [0.1, 0.15) is 25.9 Å².